The number of anilines is 1. The van der Waals surface area contributed by atoms with Gasteiger partial charge in [0, 0.05) is 13.0 Å². The molecule has 0 bridgehead atoms. The smallest absolute Gasteiger partial charge is 0.301 e. The third-order valence-electron chi connectivity index (χ3n) is 4.21. The average molecular weight is 463 g/mol. The Balaban J connectivity index is 0.00000129. The molecule has 0 unspecified atom stereocenters. The number of hydrogen-bond donors (Lipinski definition) is 1. The number of hydrogen-bond acceptors (Lipinski definition) is 9. The molecule has 174 valence electrons. The van der Waals surface area contributed by atoms with Gasteiger partial charge in [-0.1, -0.05) is 30.3 Å². The van der Waals surface area contributed by atoms with Crippen LogP contribution in [0.4, 0.5) is 17.1 Å². The predicted molar refractivity (Wildman–Crippen MR) is 126 cm³/mol. The molecule has 0 amide bonds. The molecule has 0 heterocycles. The fraction of sp³-hybridized carbons (Fsp3) is 0.130. The van der Waals surface area contributed by atoms with E-state index in [1.807, 2.05) is 30.3 Å². The summed E-state index contributed by atoms with van der Waals surface area (Å²) in [5.41, 5.74) is 3.40. The van der Waals surface area contributed by atoms with Crippen molar-refractivity contribution in [2.75, 3.05) is 12.5 Å². The maximum Gasteiger partial charge on any atom is 0.301 e. The van der Waals surface area contributed by atoms with E-state index in [0.29, 0.717) is 23.7 Å². The van der Waals surface area contributed by atoms with Crippen LogP contribution in [-0.2, 0) is 6.61 Å². The maximum absolute atomic E-state index is 11.2. The van der Waals surface area contributed by atoms with E-state index in [2.05, 4.69) is 10.5 Å². The molecule has 3 rings (SSSR count). The first-order valence-corrected chi connectivity index (χ1v) is 9.77. The topological polar surface area (TPSA) is 153 Å². The summed E-state index contributed by atoms with van der Waals surface area (Å²) in [7, 11) is 1.54. The molecule has 0 fully saturated rings. The molecule has 0 radical (unpaired) electrons. The minimum Gasteiger partial charge on any atom is -0.493 e. The molecule has 3 aromatic rings. The SMILES string of the molecule is CC#N.COc1ccc(/C=N/Nc2ccc([N+](=O)[O-])cc2[N+](=O)[O-])cc1OCc1ccccc1. The molecule has 0 saturated heterocycles. The summed E-state index contributed by atoms with van der Waals surface area (Å²) in [4.78, 5) is 20.6. The van der Waals surface area contributed by atoms with Gasteiger partial charge in [-0.05, 0) is 35.4 Å². The lowest BCUT2D eigenvalue weighted by molar-refractivity contribution is -0.393. The Bertz CT molecular complexity index is 1210. The summed E-state index contributed by atoms with van der Waals surface area (Å²) in [6, 6.07) is 19.8. The number of benzene rings is 3. The minimum atomic E-state index is -0.715. The zero-order valence-electron chi connectivity index (χ0n) is 18.4. The number of non-ortho nitro benzene ring substituents is 1. The van der Waals surface area contributed by atoms with Crippen molar-refractivity contribution in [3.8, 4) is 17.6 Å². The van der Waals surface area contributed by atoms with E-state index in [0.717, 1.165) is 17.7 Å². The number of nitrogens with zero attached hydrogens (tertiary/aromatic N) is 4. The normalized spacial score (nSPS) is 9.91. The highest BCUT2D eigenvalue weighted by Gasteiger charge is 2.19. The molecule has 11 nitrogen and oxygen atoms in total. The second kappa shape index (κ2) is 12.8. The minimum absolute atomic E-state index is 0.0286. The van der Waals surface area contributed by atoms with Gasteiger partial charge in [-0.3, -0.25) is 25.7 Å². The maximum atomic E-state index is 11.2. The van der Waals surface area contributed by atoms with Crippen molar-refractivity contribution in [1.29, 1.82) is 5.26 Å². The van der Waals surface area contributed by atoms with E-state index in [-0.39, 0.29) is 11.4 Å². The van der Waals surface area contributed by atoms with Crippen molar-refractivity contribution in [1.82, 2.24) is 0 Å². The van der Waals surface area contributed by atoms with E-state index in [1.165, 1.54) is 26.3 Å². The van der Waals surface area contributed by atoms with Crippen LogP contribution in [0.5, 0.6) is 11.5 Å². The van der Waals surface area contributed by atoms with Crippen LogP contribution in [0.15, 0.2) is 71.8 Å². The molecular weight excluding hydrogens is 442 g/mol. The second-order valence-corrected chi connectivity index (χ2v) is 6.49. The largest absolute Gasteiger partial charge is 0.493 e. The number of methoxy groups -OCH3 is 1. The first-order valence-electron chi connectivity index (χ1n) is 9.77. The molecule has 0 spiro atoms. The van der Waals surface area contributed by atoms with Crippen LogP contribution in [-0.4, -0.2) is 23.2 Å². The quantitative estimate of drug-likeness (QED) is 0.262. The molecule has 0 aliphatic rings. The summed E-state index contributed by atoms with van der Waals surface area (Å²) >= 11 is 0. The molecule has 0 aliphatic carbocycles. The van der Waals surface area contributed by atoms with Crippen molar-refractivity contribution in [3.63, 3.8) is 0 Å². The highest BCUT2D eigenvalue weighted by atomic mass is 16.6. The van der Waals surface area contributed by atoms with Gasteiger partial charge in [0.25, 0.3) is 5.69 Å². The molecule has 0 saturated carbocycles. The lowest BCUT2D eigenvalue weighted by atomic mass is 10.2. The Hall–Kier alpha value is -4.98. The third kappa shape index (κ3) is 7.31. The van der Waals surface area contributed by atoms with Gasteiger partial charge in [0.15, 0.2) is 11.5 Å². The average Bonchev–Trinajstić information content (AvgIpc) is 2.84. The molecule has 0 aromatic heterocycles. The van der Waals surface area contributed by atoms with Crippen LogP contribution in [0, 0.1) is 31.6 Å². The summed E-state index contributed by atoms with van der Waals surface area (Å²) in [5.74, 6) is 1.06. The van der Waals surface area contributed by atoms with Gasteiger partial charge in [0.05, 0.1) is 35.3 Å². The van der Waals surface area contributed by atoms with Crippen molar-refractivity contribution in [2.24, 2.45) is 5.10 Å². The van der Waals surface area contributed by atoms with Crippen LogP contribution >= 0.6 is 0 Å². The Morgan fingerprint density at radius 1 is 1.03 bits per heavy atom. The Morgan fingerprint density at radius 2 is 1.74 bits per heavy atom. The number of nitro groups is 2. The number of hydrazone groups is 1. The Kier molecular flexibility index (Phi) is 9.50. The summed E-state index contributed by atoms with van der Waals surface area (Å²) in [5, 5.41) is 33.3. The van der Waals surface area contributed by atoms with Crippen LogP contribution < -0.4 is 14.9 Å². The van der Waals surface area contributed by atoms with Gasteiger partial charge >= 0.3 is 5.69 Å². The molecule has 1 N–H and O–H groups in total. The number of rotatable bonds is 9. The molecule has 34 heavy (non-hydrogen) atoms. The van der Waals surface area contributed by atoms with E-state index in [1.54, 1.807) is 24.3 Å². The van der Waals surface area contributed by atoms with Gasteiger partial charge < -0.3 is 9.47 Å². The lowest BCUT2D eigenvalue weighted by Gasteiger charge is -2.11. The van der Waals surface area contributed by atoms with Gasteiger partial charge in [-0.2, -0.15) is 10.4 Å². The number of nitrogens with one attached hydrogen (secondary N) is 1. The Labute approximate surface area is 195 Å². The van der Waals surface area contributed by atoms with E-state index in [9.17, 15) is 20.2 Å². The first kappa shape index (κ1) is 25.3. The number of nitro benzene ring substituents is 2. The van der Waals surface area contributed by atoms with Gasteiger partial charge in [-0.15, -0.1) is 0 Å². The van der Waals surface area contributed by atoms with Crippen molar-refractivity contribution >= 4 is 23.3 Å². The van der Waals surface area contributed by atoms with Gasteiger partial charge in [-0.25, -0.2) is 0 Å². The van der Waals surface area contributed by atoms with Crippen molar-refractivity contribution < 1.29 is 19.3 Å². The van der Waals surface area contributed by atoms with Crippen LogP contribution in [0.25, 0.3) is 0 Å². The van der Waals surface area contributed by atoms with Gasteiger partial charge in [0.1, 0.15) is 12.3 Å². The van der Waals surface area contributed by atoms with Crippen molar-refractivity contribution in [2.45, 2.75) is 13.5 Å². The van der Waals surface area contributed by atoms with Crippen LogP contribution in [0.2, 0.25) is 0 Å². The molecule has 0 aliphatic heterocycles. The third-order valence-corrected chi connectivity index (χ3v) is 4.21. The zero-order valence-corrected chi connectivity index (χ0v) is 18.4. The zero-order chi connectivity index (χ0) is 24.9. The highest BCUT2D eigenvalue weighted by molar-refractivity contribution is 5.82. The molecule has 0 atom stereocenters. The van der Waals surface area contributed by atoms with Crippen LogP contribution in [0.3, 0.4) is 0 Å². The van der Waals surface area contributed by atoms with Gasteiger partial charge in [0.2, 0.25) is 0 Å². The monoisotopic (exact) mass is 463 g/mol. The summed E-state index contributed by atoms with van der Waals surface area (Å²) < 4.78 is 11.2. The molecular formula is C23H21N5O6. The van der Waals surface area contributed by atoms with E-state index < -0.39 is 15.5 Å². The summed E-state index contributed by atoms with van der Waals surface area (Å²) in [6.07, 6.45) is 1.44. The van der Waals surface area contributed by atoms with E-state index in [4.69, 9.17) is 14.7 Å². The fourth-order valence-corrected chi connectivity index (χ4v) is 2.68. The number of nitriles is 1. The standard InChI is InChI=1S/C21H18N4O6.C2H3N/c1-30-20-10-7-16(11-21(20)31-14-15-5-3-2-4-6-15)13-22-23-18-9-8-17(24(26)27)12-19(18)25(28)29;1-2-3/h2-13,23H,14H2,1H3;1H3/b22-13+;. The molecule has 3 aromatic carbocycles. The van der Waals surface area contributed by atoms with Crippen LogP contribution in [0.1, 0.15) is 18.1 Å². The lowest BCUT2D eigenvalue weighted by Crippen LogP contribution is -2.00. The van der Waals surface area contributed by atoms with E-state index >= 15 is 0 Å². The first-order chi connectivity index (χ1) is 16.4. The second-order valence-electron chi connectivity index (χ2n) is 6.49. The van der Waals surface area contributed by atoms with Crippen molar-refractivity contribution in [3.05, 3.63) is 98.1 Å². The number of ether oxygens (including phenoxy) is 2. The fourth-order valence-electron chi connectivity index (χ4n) is 2.68. The Morgan fingerprint density at radius 3 is 2.35 bits per heavy atom. The summed E-state index contributed by atoms with van der Waals surface area (Å²) in [6.45, 7) is 1.78. The highest BCUT2D eigenvalue weighted by Crippen LogP contribution is 2.30. The molecule has 11 heteroatoms. The predicted octanol–water partition coefficient (Wildman–Crippen LogP) is 5.07.